The molecule has 1 aromatic carbocycles. The zero-order valence-corrected chi connectivity index (χ0v) is 9.45. The molecule has 2 nitrogen and oxygen atoms in total. The Hall–Kier alpha value is -1.31. The van der Waals surface area contributed by atoms with Gasteiger partial charge in [0.1, 0.15) is 12.0 Å². The first-order chi connectivity index (χ1) is 8.22. The summed E-state index contributed by atoms with van der Waals surface area (Å²) in [7, 11) is 0. The normalized spacial score (nSPS) is 19.9. The van der Waals surface area contributed by atoms with Crippen molar-refractivity contribution >= 4 is 6.29 Å². The van der Waals surface area contributed by atoms with Crippen molar-refractivity contribution in [3.8, 4) is 5.75 Å². The van der Waals surface area contributed by atoms with Gasteiger partial charge in [-0.2, -0.15) is 0 Å². The molecule has 0 aromatic heterocycles. The molecular formula is C14H18O2. The van der Waals surface area contributed by atoms with E-state index in [1.54, 1.807) is 18.2 Å². The molecule has 16 heavy (non-hydrogen) atoms. The number of rotatable bonds is 4. The molecule has 1 aliphatic rings. The van der Waals surface area contributed by atoms with Crippen LogP contribution in [0.25, 0.3) is 0 Å². The van der Waals surface area contributed by atoms with E-state index in [1.807, 2.05) is 6.07 Å². The van der Waals surface area contributed by atoms with E-state index in [2.05, 4.69) is 0 Å². The molecule has 2 rings (SSSR count). The van der Waals surface area contributed by atoms with Crippen molar-refractivity contribution < 1.29 is 10.9 Å². The van der Waals surface area contributed by atoms with Gasteiger partial charge in [0.25, 0.3) is 0 Å². The lowest BCUT2D eigenvalue weighted by atomic mass is 9.90. The third-order valence-corrected chi connectivity index (χ3v) is 3.00. The van der Waals surface area contributed by atoms with E-state index in [9.17, 15) is 4.79 Å². The van der Waals surface area contributed by atoms with Gasteiger partial charge in [0.2, 0.25) is 0 Å². The zero-order chi connectivity index (χ0) is 12.1. The lowest BCUT2D eigenvalue weighted by molar-refractivity contribution is 0.112. The summed E-state index contributed by atoms with van der Waals surface area (Å²) in [4.78, 5) is 10.6. The minimum atomic E-state index is -0.435. The number of ether oxygens (including phenoxy) is 1. The second-order valence-electron chi connectivity index (χ2n) is 4.29. The quantitative estimate of drug-likeness (QED) is 0.725. The van der Waals surface area contributed by atoms with Gasteiger partial charge in [0.15, 0.2) is 0 Å². The fourth-order valence-electron chi connectivity index (χ4n) is 2.06. The van der Waals surface area contributed by atoms with Crippen molar-refractivity contribution in [2.75, 3.05) is 6.61 Å². The summed E-state index contributed by atoms with van der Waals surface area (Å²) in [6.07, 6.45) is 6.13. The Morgan fingerprint density at radius 1 is 1.38 bits per heavy atom. The molecule has 0 spiro atoms. The molecule has 0 saturated heterocycles. The monoisotopic (exact) mass is 219 g/mol. The number of hydrogen-bond donors (Lipinski definition) is 0. The lowest BCUT2D eigenvalue weighted by Gasteiger charge is -2.21. The van der Waals surface area contributed by atoms with Crippen molar-refractivity contribution in [2.24, 2.45) is 5.89 Å². The van der Waals surface area contributed by atoms with Gasteiger partial charge >= 0.3 is 0 Å². The maximum Gasteiger partial charge on any atom is 0.150 e. The van der Waals surface area contributed by atoms with Crippen LogP contribution in [0.1, 0.15) is 43.8 Å². The minimum Gasteiger partial charge on any atom is -0.493 e. The van der Waals surface area contributed by atoms with Gasteiger partial charge in [0.05, 0.1) is 6.61 Å². The molecule has 1 saturated carbocycles. The van der Waals surface area contributed by atoms with Gasteiger partial charge in [0, 0.05) is 6.93 Å². The standard InChI is InChI=1S/C14H18O2/c15-10-13-7-4-8-14(9-13)16-11-12-5-2-1-3-6-12/h4,7-10,12H,1-3,5-6,11H2/i12D. The molecule has 2 heteroatoms. The Morgan fingerprint density at radius 3 is 2.94 bits per heavy atom. The molecule has 1 aromatic rings. The summed E-state index contributed by atoms with van der Waals surface area (Å²) in [5.41, 5.74) is 0.616. The average molecular weight is 219 g/mol. The Morgan fingerprint density at radius 2 is 2.19 bits per heavy atom. The third-order valence-electron chi connectivity index (χ3n) is 3.00. The number of benzene rings is 1. The molecular weight excluding hydrogens is 200 g/mol. The smallest absolute Gasteiger partial charge is 0.150 e. The molecule has 0 amide bonds. The number of carbonyl (C=O) groups excluding carboxylic acids is 1. The van der Waals surface area contributed by atoms with Gasteiger partial charge in [-0.15, -0.1) is 0 Å². The van der Waals surface area contributed by atoms with E-state index >= 15 is 0 Å². The van der Waals surface area contributed by atoms with Crippen LogP contribution in [0.2, 0.25) is 0 Å². The number of aldehydes is 1. The molecule has 0 heterocycles. The van der Waals surface area contributed by atoms with Crippen LogP contribution in [0.5, 0.6) is 5.75 Å². The molecule has 1 aliphatic carbocycles. The predicted molar refractivity (Wildman–Crippen MR) is 63.9 cm³/mol. The number of carbonyl (C=O) groups is 1. The zero-order valence-electron chi connectivity index (χ0n) is 10.4. The number of hydrogen-bond acceptors (Lipinski definition) is 2. The van der Waals surface area contributed by atoms with Crippen LogP contribution in [-0.4, -0.2) is 12.9 Å². The summed E-state index contributed by atoms with van der Waals surface area (Å²) < 4.78 is 13.9. The molecule has 86 valence electrons. The topological polar surface area (TPSA) is 26.3 Å². The van der Waals surface area contributed by atoms with Crippen LogP contribution in [0.15, 0.2) is 24.3 Å². The first kappa shape index (κ1) is 9.88. The summed E-state index contributed by atoms with van der Waals surface area (Å²) in [5, 5.41) is 0. The van der Waals surface area contributed by atoms with Gasteiger partial charge in [-0.25, -0.2) is 0 Å². The van der Waals surface area contributed by atoms with Crippen LogP contribution < -0.4 is 4.74 Å². The largest absolute Gasteiger partial charge is 0.493 e. The van der Waals surface area contributed by atoms with E-state index < -0.39 is 5.89 Å². The summed E-state index contributed by atoms with van der Waals surface area (Å²) in [6, 6.07) is 7.10. The highest BCUT2D eigenvalue weighted by Crippen LogP contribution is 2.24. The lowest BCUT2D eigenvalue weighted by Crippen LogP contribution is -2.15. The summed E-state index contributed by atoms with van der Waals surface area (Å²) in [5.74, 6) is 0.252. The van der Waals surface area contributed by atoms with Crippen molar-refractivity contribution in [1.82, 2.24) is 0 Å². The highest BCUT2D eigenvalue weighted by atomic mass is 16.5. The van der Waals surface area contributed by atoms with Gasteiger partial charge in [-0.3, -0.25) is 4.79 Å². The van der Waals surface area contributed by atoms with Crippen molar-refractivity contribution in [3.05, 3.63) is 29.8 Å². The Balaban J connectivity index is 1.94. The van der Waals surface area contributed by atoms with Gasteiger partial charge in [-0.05, 0) is 30.9 Å². The molecule has 0 bridgehead atoms. The first-order valence-electron chi connectivity index (χ1n) is 6.40. The van der Waals surface area contributed by atoms with E-state index in [0.29, 0.717) is 17.9 Å². The predicted octanol–water partition coefficient (Wildman–Crippen LogP) is 3.46. The molecule has 0 unspecified atom stereocenters. The van der Waals surface area contributed by atoms with Crippen LogP contribution in [-0.2, 0) is 0 Å². The molecule has 0 radical (unpaired) electrons. The van der Waals surface area contributed by atoms with Crippen LogP contribution in [0.3, 0.4) is 0 Å². The van der Waals surface area contributed by atoms with Crippen molar-refractivity contribution in [2.45, 2.75) is 32.1 Å². The first-order valence-corrected chi connectivity index (χ1v) is 5.90. The van der Waals surface area contributed by atoms with Crippen molar-refractivity contribution in [1.29, 1.82) is 0 Å². The highest BCUT2D eigenvalue weighted by molar-refractivity contribution is 5.75. The maximum absolute atomic E-state index is 10.6. The summed E-state index contributed by atoms with van der Waals surface area (Å²) in [6.45, 7) is 0.426. The maximum atomic E-state index is 10.6. The van der Waals surface area contributed by atoms with Crippen LogP contribution in [0.4, 0.5) is 0 Å². The van der Waals surface area contributed by atoms with E-state index in [4.69, 9.17) is 6.11 Å². The van der Waals surface area contributed by atoms with Crippen LogP contribution >= 0.6 is 0 Å². The molecule has 0 atom stereocenters. The highest BCUT2D eigenvalue weighted by Gasteiger charge is 2.13. The second-order valence-corrected chi connectivity index (χ2v) is 4.29. The molecule has 0 N–H and O–H groups in total. The summed E-state index contributed by atoms with van der Waals surface area (Å²) >= 11 is 0. The van der Waals surface area contributed by atoms with Gasteiger partial charge in [-0.1, -0.05) is 31.4 Å². The van der Waals surface area contributed by atoms with E-state index in [0.717, 1.165) is 32.0 Å². The fraction of sp³-hybridized carbons (Fsp3) is 0.500. The Bertz CT molecular complexity index is 384. The fourth-order valence-corrected chi connectivity index (χ4v) is 2.06. The van der Waals surface area contributed by atoms with E-state index in [-0.39, 0.29) is 0 Å². The second kappa shape index (κ2) is 5.69. The van der Waals surface area contributed by atoms with Gasteiger partial charge < -0.3 is 4.74 Å². The Labute approximate surface area is 98.0 Å². The van der Waals surface area contributed by atoms with E-state index in [1.165, 1.54) is 6.42 Å². The average Bonchev–Trinajstić information content (AvgIpc) is 2.38. The van der Waals surface area contributed by atoms with Crippen LogP contribution in [0, 0.1) is 5.89 Å². The third kappa shape index (κ3) is 3.09. The Kier molecular flexibility index (Phi) is 3.51. The minimum absolute atomic E-state index is 0.426. The molecule has 0 aliphatic heterocycles. The SMILES string of the molecule is [2H]C1(COc2cccc(C=O)c2)CCCCC1. The molecule has 1 fully saturated rings. The van der Waals surface area contributed by atoms with Crippen molar-refractivity contribution in [3.63, 3.8) is 0 Å².